The summed E-state index contributed by atoms with van der Waals surface area (Å²) >= 11 is 0. The number of hydrogen-bond acceptors (Lipinski definition) is 3. The minimum Gasteiger partial charge on any atom is -0.374 e. The number of nitrogens with zero attached hydrogens (tertiary/aromatic N) is 1. The first-order chi connectivity index (χ1) is 10.1. The topological polar surface area (TPSA) is 51.2 Å². The van der Waals surface area contributed by atoms with Gasteiger partial charge >= 0.3 is 0 Å². The van der Waals surface area contributed by atoms with Crippen molar-refractivity contribution in [3.05, 3.63) is 65.5 Å². The lowest BCUT2D eigenvalue weighted by atomic mass is 10.1. The molecule has 0 spiro atoms. The van der Waals surface area contributed by atoms with Crippen molar-refractivity contribution in [2.45, 2.75) is 33.1 Å². The molecule has 0 saturated heterocycles. The van der Waals surface area contributed by atoms with Crippen LogP contribution < -0.4 is 5.32 Å². The number of aromatic nitrogens is 1. The van der Waals surface area contributed by atoms with Gasteiger partial charge in [-0.05, 0) is 37.1 Å². The van der Waals surface area contributed by atoms with Crippen LogP contribution >= 0.6 is 0 Å². The maximum absolute atomic E-state index is 11.9. The van der Waals surface area contributed by atoms with Gasteiger partial charge in [0.1, 0.15) is 0 Å². The molecule has 4 heteroatoms. The predicted molar refractivity (Wildman–Crippen MR) is 81.8 cm³/mol. The van der Waals surface area contributed by atoms with Crippen LogP contribution in [0.3, 0.4) is 0 Å². The number of benzene rings is 1. The van der Waals surface area contributed by atoms with E-state index in [0.717, 1.165) is 11.1 Å². The fourth-order valence-corrected chi connectivity index (χ4v) is 1.87. The van der Waals surface area contributed by atoms with E-state index < -0.39 is 0 Å². The molecule has 1 heterocycles. The summed E-state index contributed by atoms with van der Waals surface area (Å²) in [5.74, 6) is -0.119. The third-order valence-corrected chi connectivity index (χ3v) is 2.95. The Labute approximate surface area is 125 Å². The number of hydrogen-bond donors (Lipinski definition) is 1. The number of rotatable bonds is 6. The maximum Gasteiger partial charge on any atom is 0.253 e. The zero-order chi connectivity index (χ0) is 15.1. The number of ether oxygens (including phenoxy) is 1. The average molecular weight is 284 g/mol. The summed E-state index contributed by atoms with van der Waals surface area (Å²) in [6.45, 7) is 5.10. The Hall–Kier alpha value is -2.20. The summed E-state index contributed by atoms with van der Waals surface area (Å²) in [5.41, 5.74) is 2.73. The van der Waals surface area contributed by atoms with Crippen LogP contribution in [0.2, 0.25) is 0 Å². The molecule has 21 heavy (non-hydrogen) atoms. The molecule has 0 fully saturated rings. The van der Waals surface area contributed by atoms with E-state index in [2.05, 4.69) is 10.3 Å². The predicted octanol–water partition coefficient (Wildman–Crippen LogP) is 2.94. The first-order valence-electron chi connectivity index (χ1n) is 7.03. The third-order valence-electron chi connectivity index (χ3n) is 2.95. The zero-order valence-electron chi connectivity index (χ0n) is 12.4. The Morgan fingerprint density at radius 1 is 1.24 bits per heavy atom. The lowest BCUT2D eigenvalue weighted by Crippen LogP contribution is -2.22. The molecule has 4 nitrogen and oxygen atoms in total. The summed E-state index contributed by atoms with van der Waals surface area (Å²) in [4.78, 5) is 15.9. The standard InChI is InChI=1S/C17H20N2O2/c1-13(2)21-12-15-6-3-5-14(9-15)10-19-17(20)16-7-4-8-18-11-16/h3-9,11,13H,10,12H2,1-2H3,(H,19,20). The number of amides is 1. The van der Waals surface area contributed by atoms with Crippen LogP contribution in [0.5, 0.6) is 0 Å². The second kappa shape index (κ2) is 7.55. The molecule has 110 valence electrons. The molecule has 1 N–H and O–H groups in total. The molecule has 1 amide bonds. The Morgan fingerprint density at radius 3 is 2.76 bits per heavy atom. The van der Waals surface area contributed by atoms with Crippen LogP contribution in [0.15, 0.2) is 48.8 Å². The van der Waals surface area contributed by atoms with E-state index in [-0.39, 0.29) is 12.0 Å². The van der Waals surface area contributed by atoms with Gasteiger partial charge in [-0.25, -0.2) is 0 Å². The lowest BCUT2D eigenvalue weighted by Gasteiger charge is -2.09. The molecule has 0 aliphatic carbocycles. The fourth-order valence-electron chi connectivity index (χ4n) is 1.87. The van der Waals surface area contributed by atoms with Gasteiger partial charge in [0.2, 0.25) is 0 Å². The van der Waals surface area contributed by atoms with Gasteiger partial charge in [-0.2, -0.15) is 0 Å². The van der Waals surface area contributed by atoms with E-state index in [1.807, 2.05) is 38.1 Å². The van der Waals surface area contributed by atoms with E-state index in [4.69, 9.17) is 4.74 Å². The highest BCUT2D eigenvalue weighted by Gasteiger charge is 2.05. The zero-order valence-corrected chi connectivity index (χ0v) is 12.4. The van der Waals surface area contributed by atoms with Gasteiger partial charge < -0.3 is 10.1 Å². The van der Waals surface area contributed by atoms with Crippen molar-refractivity contribution in [3.8, 4) is 0 Å². The molecule has 0 bridgehead atoms. The number of pyridine rings is 1. The van der Waals surface area contributed by atoms with Crippen molar-refractivity contribution in [2.75, 3.05) is 0 Å². The Kier molecular flexibility index (Phi) is 5.46. The molecule has 0 atom stereocenters. The van der Waals surface area contributed by atoms with Crippen LogP contribution in [0.25, 0.3) is 0 Å². The average Bonchev–Trinajstić information content (AvgIpc) is 2.52. The van der Waals surface area contributed by atoms with Gasteiger partial charge in [0, 0.05) is 18.9 Å². The van der Waals surface area contributed by atoms with Gasteiger partial charge in [-0.15, -0.1) is 0 Å². The van der Waals surface area contributed by atoms with Crippen molar-refractivity contribution in [1.82, 2.24) is 10.3 Å². The van der Waals surface area contributed by atoms with Crippen molar-refractivity contribution in [3.63, 3.8) is 0 Å². The third kappa shape index (κ3) is 5.00. The van der Waals surface area contributed by atoms with Gasteiger partial charge in [-0.3, -0.25) is 9.78 Å². The van der Waals surface area contributed by atoms with Crippen LogP contribution in [-0.2, 0) is 17.9 Å². The quantitative estimate of drug-likeness (QED) is 0.887. The molecule has 0 aliphatic rings. The van der Waals surface area contributed by atoms with Crippen LogP contribution in [0, 0.1) is 0 Å². The smallest absolute Gasteiger partial charge is 0.253 e. The van der Waals surface area contributed by atoms with E-state index in [1.54, 1.807) is 24.5 Å². The van der Waals surface area contributed by atoms with Gasteiger partial charge in [0.25, 0.3) is 5.91 Å². The maximum atomic E-state index is 11.9. The Bertz CT molecular complexity index is 582. The first kappa shape index (κ1) is 15.2. The fraction of sp³-hybridized carbons (Fsp3) is 0.294. The molecule has 1 aromatic carbocycles. The lowest BCUT2D eigenvalue weighted by molar-refractivity contribution is 0.0657. The van der Waals surface area contributed by atoms with E-state index in [9.17, 15) is 4.79 Å². The Morgan fingerprint density at radius 2 is 2.05 bits per heavy atom. The summed E-state index contributed by atoms with van der Waals surface area (Å²) < 4.78 is 5.58. The van der Waals surface area contributed by atoms with Gasteiger partial charge in [0.15, 0.2) is 0 Å². The van der Waals surface area contributed by atoms with Gasteiger partial charge in [-0.1, -0.05) is 24.3 Å². The summed E-state index contributed by atoms with van der Waals surface area (Å²) in [6, 6.07) is 11.5. The van der Waals surface area contributed by atoms with Crippen molar-refractivity contribution in [2.24, 2.45) is 0 Å². The van der Waals surface area contributed by atoms with Crippen LogP contribution in [0.4, 0.5) is 0 Å². The first-order valence-corrected chi connectivity index (χ1v) is 7.03. The number of carbonyl (C=O) groups excluding carboxylic acids is 1. The monoisotopic (exact) mass is 284 g/mol. The SMILES string of the molecule is CC(C)OCc1cccc(CNC(=O)c2cccnc2)c1. The highest BCUT2D eigenvalue weighted by Crippen LogP contribution is 2.08. The van der Waals surface area contributed by atoms with E-state index in [0.29, 0.717) is 18.7 Å². The largest absolute Gasteiger partial charge is 0.374 e. The molecule has 0 saturated carbocycles. The Balaban J connectivity index is 1.91. The van der Waals surface area contributed by atoms with Crippen molar-refractivity contribution >= 4 is 5.91 Å². The number of nitrogens with one attached hydrogen (secondary N) is 1. The molecule has 2 aromatic rings. The molecule has 0 unspecified atom stereocenters. The normalized spacial score (nSPS) is 10.6. The second-order valence-corrected chi connectivity index (χ2v) is 5.10. The summed E-state index contributed by atoms with van der Waals surface area (Å²) in [6.07, 6.45) is 3.41. The number of carbonyl (C=O) groups is 1. The molecular formula is C17H20N2O2. The summed E-state index contributed by atoms with van der Waals surface area (Å²) in [7, 11) is 0. The highest BCUT2D eigenvalue weighted by molar-refractivity contribution is 5.93. The van der Waals surface area contributed by atoms with Crippen molar-refractivity contribution < 1.29 is 9.53 Å². The molecule has 2 rings (SSSR count). The second-order valence-electron chi connectivity index (χ2n) is 5.10. The van der Waals surface area contributed by atoms with Crippen LogP contribution in [0.1, 0.15) is 35.3 Å². The minimum absolute atomic E-state index is 0.119. The van der Waals surface area contributed by atoms with Gasteiger partial charge in [0.05, 0.1) is 18.3 Å². The molecule has 1 aromatic heterocycles. The van der Waals surface area contributed by atoms with E-state index in [1.165, 1.54) is 0 Å². The van der Waals surface area contributed by atoms with Crippen molar-refractivity contribution in [1.29, 1.82) is 0 Å². The summed E-state index contributed by atoms with van der Waals surface area (Å²) in [5, 5.41) is 2.89. The molecular weight excluding hydrogens is 264 g/mol. The highest BCUT2D eigenvalue weighted by atomic mass is 16.5. The van der Waals surface area contributed by atoms with E-state index >= 15 is 0 Å². The van der Waals surface area contributed by atoms with Crippen LogP contribution in [-0.4, -0.2) is 17.0 Å². The minimum atomic E-state index is -0.119. The molecule has 0 aliphatic heterocycles. The molecule has 0 radical (unpaired) electrons.